The molecule has 0 aromatic carbocycles. The molecule has 0 spiro atoms. The van der Waals surface area contributed by atoms with Crippen molar-refractivity contribution in [2.75, 3.05) is 0 Å². The molecule has 0 aliphatic carbocycles. The van der Waals surface area contributed by atoms with Gasteiger partial charge in [0.1, 0.15) is 0 Å². The number of thiazole rings is 1. The number of hydrogen-bond acceptors (Lipinski definition) is 3. The predicted octanol–water partition coefficient (Wildman–Crippen LogP) is 3.15. The summed E-state index contributed by atoms with van der Waals surface area (Å²) in [7, 11) is 0. The largest absolute Gasteiger partial charge is 0.310 e. The van der Waals surface area contributed by atoms with Crippen LogP contribution >= 0.6 is 11.3 Å². The number of nitrogens with one attached hydrogen (secondary N) is 1. The van der Waals surface area contributed by atoms with Crippen LogP contribution in [0.15, 0.2) is 0 Å². The van der Waals surface area contributed by atoms with Crippen LogP contribution in [0.3, 0.4) is 0 Å². The van der Waals surface area contributed by atoms with Crippen molar-refractivity contribution in [3.63, 3.8) is 0 Å². The van der Waals surface area contributed by atoms with Crippen LogP contribution in [0.25, 0.3) is 0 Å². The molecule has 86 valence electrons. The van der Waals surface area contributed by atoms with E-state index in [2.05, 4.69) is 44.9 Å². The number of aryl methyl sites for hydroxylation is 1. The average molecular weight is 226 g/mol. The van der Waals surface area contributed by atoms with Crippen molar-refractivity contribution in [2.24, 2.45) is 5.92 Å². The first kappa shape index (κ1) is 12.7. The van der Waals surface area contributed by atoms with Gasteiger partial charge in [-0.3, -0.25) is 0 Å². The summed E-state index contributed by atoms with van der Waals surface area (Å²) < 4.78 is 0. The highest BCUT2D eigenvalue weighted by molar-refractivity contribution is 7.11. The third kappa shape index (κ3) is 4.31. The van der Waals surface area contributed by atoms with Crippen molar-refractivity contribution in [2.45, 2.75) is 53.6 Å². The quantitative estimate of drug-likeness (QED) is 0.834. The second-order valence-corrected chi connectivity index (χ2v) is 5.92. The number of aromatic nitrogens is 1. The molecule has 3 heteroatoms. The zero-order chi connectivity index (χ0) is 11.4. The normalized spacial score (nSPS) is 11.7. The van der Waals surface area contributed by atoms with Crippen LogP contribution < -0.4 is 5.32 Å². The third-order valence-electron chi connectivity index (χ3n) is 2.19. The fourth-order valence-electron chi connectivity index (χ4n) is 1.39. The molecule has 0 amide bonds. The van der Waals surface area contributed by atoms with E-state index in [1.165, 1.54) is 15.6 Å². The van der Waals surface area contributed by atoms with Crippen molar-refractivity contribution in [3.8, 4) is 0 Å². The lowest BCUT2D eigenvalue weighted by Gasteiger charge is -2.05. The van der Waals surface area contributed by atoms with Crippen LogP contribution in [-0.2, 0) is 13.0 Å². The summed E-state index contributed by atoms with van der Waals surface area (Å²) in [6.07, 6.45) is 1.10. The lowest BCUT2D eigenvalue weighted by atomic mass is 10.1. The zero-order valence-corrected chi connectivity index (χ0v) is 11.2. The van der Waals surface area contributed by atoms with Gasteiger partial charge in [0.05, 0.1) is 10.7 Å². The molecule has 1 rings (SSSR count). The monoisotopic (exact) mass is 226 g/mol. The van der Waals surface area contributed by atoms with E-state index in [0.29, 0.717) is 12.0 Å². The van der Waals surface area contributed by atoms with E-state index in [0.717, 1.165) is 13.0 Å². The first-order valence-corrected chi connectivity index (χ1v) is 6.49. The Balaban J connectivity index is 2.60. The number of hydrogen-bond donors (Lipinski definition) is 1. The molecule has 0 bridgehead atoms. The molecule has 0 aliphatic rings. The standard InChI is InChI=1S/C12H22N2S/c1-8(2)6-12-14-10(5)11(15-12)7-13-9(3)4/h8-9,13H,6-7H2,1-5H3. The fraction of sp³-hybridized carbons (Fsp3) is 0.750. The van der Waals surface area contributed by atoms with E-state index in [4.69, 9.17) is 0 Å². The molecule has 1 aromatic heterocycles. The maximum atomic E-state index is 4.61. The highest BCUT2D eigenvalue weighted by Crippen LogP contribution is 2.20. The second-order valence-electron chi connectivity index (χ2n) is 4.75. The summed E-state index contributed by atoms with van der Waals surface area (Å²) >= 11 is 1.86. The van der Waals surface area contributed by atoms with Crippen molar-refractivity contribution < 1.29 is 0 Å². The maximum Gasteiger partial charge on any atom is 0.0934 e. The van der Waals surface area contributed by atoms with Gasteiger partial charge in [0, 0.05) is 23.9 Å². The number of rotatable bonds is 5. The topological polar surface area (TPSA) is 24.9 Å². The van der Waals surface area contributed by atoms with Crippen molar-refractivity contribution in [3.05, 3.63) is 15.6 Å². The summed E-state index contributed by atoms with van der Waals surface area (Å²) in [6, 6.07) is 0.542. The molecule has 2 nitrogen and oxygen atoms in total. The molecule has 0 saturated heterocycles. The molecule has 0 aliphatic heterocycles. The van der Waals surface area contributed by atoms with Crippen LogP contribution in [0, 0.1) is 12.8 Å². The van der Waals surface area contributed by atoms with Crippen LogP contribution in [-0.4, -0.2) is 11.0 Å². The Morgan fingerprint density at radius 2 is 1.93 bits per heavy atom. The van der Waals surface area contributed by atoms with E-state index < -0.39 is 0 Å². The highest BCUT2D eigenvalue weighted by Gasteiger charge is 2.08. The minimum atomic E-state index is 0.542. The summed E-state index contributed by atoms with van der Waals surface area (Å²) in [4.78, 5) is 6.00. The molecule has 0 radical (unpaired) electrons. The first-order chi connectivity index (χ1) is 6.99. The van der Waals surface area contributed by atoms with E-state index in [1.807, 2.05) is 11.3 Å². The predicted molar refractivity (Wildman–Crippen MR) is 67.4 cm³/mol. The molecule has 1 heterocycles. The molecule has 0 saturated carbocycles. The van der Waals surface area contributed by atoms with Gasteiger partial charge in [0.25, 0.3) is 0 Å². The Morgan fingerprint density at radius 1 is 1.27 bits per heavy atom. The Hall–Kier alpha value is -0.410. The molecule has 0 fully saturated rings. The third-order valence-corrected chi connectivity index (χ3v) is 3.37. The highest BCUT2D eigenvalue weighted by atomic mass is 32.1. The van der Waals surface area contributed by atoms with Gasteiger partial charge < -0.3 is 5.32 Å². The van der Waals surface area contributed by atoms with Crippen LogP contribution in [0.2, 0.25) is 0 Å². The smallest absolute Gasteiger partial charge is 0.0934 e. The minimum Gasteiger partial charge on any atom is -0.310 e. The van der Waals surface area contributed by atoms with Gasteiger partial charge in [-0.25, -0.2) is 4.98 Å². The molecule has 0 unspecified atom stereocenters. The van der Waals surface area contributed by atoms with Gasteiger partial charge >= 0.3 is 0 Å². The van der Waals surface area contributed by atoms with Gasteiger partial charge in [-0.05, 0) is 12.8 Å². The maximum absolute atomic E-state index is 4.61. The first-order valence-electron chi connectivity index (χ1n) is 5.67. The van der Waals surface area contributed by atoms with Crippen molar-refractivity contribution in [1.29, 1.82) is 0 Å². The van der Waals surface area contributed by atoms with Crippen LogP contribution in [0.5, 0.6) is 0 Å². The van der Waals surface area contributed by atoms with E-state index in [9.17, 15) is 0 Å². The second kappa shape index (κ2) is 5.61. The van der Waals surface area contributed by atoms with Crippen molar-refractivity contribution >= 4 is 11.3 Å². The molecular formula is C12H22N2S. The lowest BCUT2D eigenvalue weighted by Crippen LogP contribution is -2.21. The van der Waals surface area contributed by atoms with E-state index >= 15 is 0 Å². The molecule has 1 N–H and O–H groups in total. The minimum absolute atomic E-state index is 0.542. The summed E-state index contributed by atoms with van der Waals surface area (Å²) in [6.45, 7) is 11.9. The van der Waals surface area contributed by atoms with E-state index in [-0.39, 0.29) is 0 Å². The molecular weight excluding hydrogens is 204 g/mol. The molecule has 1 aromatic rings. The van der Waals surface area contributed by atoms with Gasteiger partial charge in [-0.15, -0.1) is 11.3 Å². The van der Waals surface area contributed by atoms with E-state index in [1.54, 1.807) is 0 Å². The molecule has 0 atom stereocenters. The SMILES string of the molecule is Cc1nc(CC(C)C)sc1CNC(C)C. The van der Waals surface area contributed by atoms with Gasteiger partial charge in [-0.2, -0.15) is 0 Å². The number of nitrogens with zero attached hydrogens (tertiary/aromatic N) is 1. The Kier molecular flexibility index (Phi) is 4.74. The zero-order valence-electron chi connectivity index (χ0n) is 10.4. The van der Waals surface area contributed by atoms with Crippen molar-refractivity contribution in [1.82, 2.24) is 10.3 Å². The summed E-state index contributed by atoms with van der Waals surface area (Å²) in [5, 5.41) is 4.72. The van der Waals surface area contributed by atoms with Gasteiger partial charge in [-0.1, -0.05) is 27.7 Å². The van der Waals surface area contributed by atoms with Crippen LogP contribution in [0.1, 0.15) is 43.3 Å². The fourth-order valence-corrected chi connectivity index (χ4v) is 2.62. The lowest BCUT2D eigenvalue weighted by molar-refractivity contribution is 0.591. The van der Waals surface area contributed by atoms with Crippen LogP contribution in [0.4, 0.5) is 0 Å². The Labute approximate surface area is 97.1 Å². The Morgan fingerprint density at radius 3 is 2.47 bits per heavy atom. The Bertz CT molecular complexity index is 303. The van der Waals surface area contributed by atoms with Gasteiger partial charge in [0.2, 0.25) is 0 Å². The summed E-state index contributed by atoms with van der Waals surface area (Å²) in [5.74, 6) is 0.696. The summed E-state index contributed by atoms with van der Waals surface area (Å²) in [5.41, 5.74) is 1.20. The average Bonchev–Trinajstić information content (AvgIpc) is 2.41. The molecule has 15 heavy (non-hydrogen) atoms. The van der Waals surface area contributed by atoms with Gasteiger partial charge in [0.15, 0.2) is 0 Å².